The molecule has 5 aromatic rings. The highest BCUT2D eigenvalue weighted by Gasteiger charge is 2.35. The summed E-state index contributed by atoms with van der Waals surface area (Å²) in [6.45, 7) is 0. The molecule has 2 atom stereocenters. The van der Waals surface area contributed by atoms with E-state index < -0.39 is 0 Å². The third-order valence-corrected chi connectivity index (χ3v) is 8.62. The Morgan fingerprint density at radius 1 is 0.538 bits per heavy atom. The molecule has 5 aromatic carbocycles. The molecule has 0 N–H and O–H groups in total. The second kappa shape index (κ2) is 8.96. The van der Waals surface area contributed by atoms with E-state index >= 15 is 0 Å². The zero-order valence-electron chi connectivity index (χ0n) is 21.7. The van der Waals surface area contributed by atoms with Gasteiger partial charge in [0.05, 0.1) is 0 Å². The minimum absolute atomic E-state index is 0.183. The molecular weight excluding hydrogens is 468 g/mol. The molecule has 3 aliphatic carbocycles. The summed E-state index contributed by atoms with van der Waals surface area (Å²) in [5.41, 5.74) is 16.3. The van der Waals surface area contributed by atoms with E-state index in [2.05, 4.69) is 146 Å². The van der Waals surface area contributed by atoms with Crippen LogP contribution in [-0.4, -0.2) is 0 Å². The molecule has 184 valence electrons. The molecule has 2 unspecified atom stereocenters. The summed E-state index contributed by atoms with van der Waals surface area (Å²) in [4.78, 5) is 0. The van der Waals surface area contributed by atoms with Crippen LogP contribution in [0, 0.1) is 0 Å². The van der Waals surface area contributed by atoms with Crippen molar-refractivity contribution in [1.29, 1.82) is 0 Å². The maximum absolute atomic E-state index is 2.46. The highest BCUT2D eigenvalue weighted by atomic mass is 14.4. The van der Waals surface area contributed by atoms with Crippen molar-refractivity contribution in [2.45, 2.75) is 18.3 Å². The third kappa shape index (κ3) is 3.67. The van der Waals surface area contributed by atoms with Gasteiger partial charge in [-0.05, 0) is 79.3 Å². The van der Waals surface area contributed by atoms with E-state index in [1.807, 2.05) is 0 Å². The van der Waals surface area contributed by atoms with E-state index in [1.165, 1.54) is 66.8 Å². The van der Waals surface area contributed by atoms with Gasteiger partial charge in [0.2, 0.25) is 0 Å². The topological polar surface area (TPSA) is 0 Å². The number of allylic oxidation sites excluding steroid dienone is 5. The van der Waals surface area contributed by atoms with Gasteiger partial charge in [0, 0.05) is 11.8 Å². The van der Waals surface area contributed by atoms with Gasteiger partial charge in [0.25, 0.3) is 0 Å². The largest absolute Gasteiger partial charge is 0.0767 e. The lowest BCUT2D eigenvalue weighted by atomic mass is 9.77. The fourth-order valence-electron chi connectivity index (χ4n) is 6.87. The van der Waals surface area contributed by atoms with Crippen LogP contribution in [0.25, 0.3) is 39.5 Å². The zero-order chi connectivity index (χ0) is 25.8. The van der Waals surface area contributed by atoms with Crippen molar-refractivity contribution in [3.05, 3.63) is 173 Å². The second-order valence-electron chi connectivity index (χ2n) is 10.9. The van der Waals surface area contributed by atoms with Crippen LogP contribution in [0.4, 0.5) is 0 Å². The molecule has 0 nitrogen and oxygen atoms in total. The van der Waals surface area contributed by atoms with Gasteiger partial charge >= 0.3 is 0 Å². The standard InChI is InChI=1S/C39H28/c1-3-12-27(13-4-1)30-23-31(28-14-5-2-6-15-28)25-32(24-30)38-35-18-10-9-17-34(35)36-20-19-33-29-16-8-7-11-26(21-29)22-37(33)39(36)38/h1-20,22-25,29,38H,21H2. The van der Waals surface area contributed by atoms with Crippen molar-refractivity contribution < 1.29 is 0 Å². The summed E-state index contributed by atoms with van der Waals surface area (Å²) in [6, 6.07) is 42.6. The van der Waals surface area contributed by atoms with E-state index in [0.717, 1.165) is 6.42 Å². The number of hydrogen-bond donors (Lipinski definition) is 0. The van der Waals surface area contributed by atoms with Crippen molar-refractivity contribution in [3.63, 3.8) is 0 Å². The van der Waals surface area contributed by atoms with Crippen LogP contribution in [0.15, 0.2) is 145 Å². The van der Waals surface area contributed by atoms with E-state index in [0.29, 0.717) is 5.92 Å². The molecule has 0 heteroatoms. The van der Waals surface area contributed by atoms with Gasteiger partial charge in [-0.25, -0.2) is 0 Å². The van der Waals surface area contributed by atoms with Crippen molar-refractivity contribution in [2.24, 2.45) is 0 Å². The summed E-state index contributed by atoms with van der Waals surface area (Å²) in [5.74, 6) is 0.613. The van der Waals surface area contributed by atoms with Crippen LogP contribution in [-0.2, 0) is 0 Å². The average Bonchev–Trinajstić information content (AvgIpc) is 3.22. The molecule has 0 heterocycles. The highest BCUT2D eigenvalue weighted by molar-refractivity contribution is 5.88. The van der Waals surface area contributed by atoms with Gasteiger partial charge in [-0.3, -0.25) is 0 Å². The Bertz CT molecular complexity index is 1760. The molecule has 2 bridgehead atoms. The van der Waals surface area contributed by atoms with E-state index in [4.69, 9.17) is 0 Å². The summed E-state index contributed by atoms with van der Waals surface area (Å²) >= 11 is 0. The van der Waals surface area contributed by atoms with Crippen LogP contribution in [0.5, 0.6) is 0 Å². The minimum atomic E-state index is 0.183. The minimum Gasteiger partial charge on any atom is -0.0767 e. The smallest absolute Gasteiger partial charge is 0.0358 e. The van der Waals surface area contributed by atoms with Gasteiger partial charge in [-0.2, -0.15) is 0 Å². The van der Waals surface area contributed by atoms with Crippen molar-refractivity contribution in [2.75, 3.05) is 0 Å². The molecule has 8 rings (SSSR count). The van der Waals surface area contributed by atoms with E-state index in [-0.39, 0.29) is 5.92 Å². The Kier molecular flexibility index (Phi) is 5.13. The molecule has 0 saturated carbocycles. The third-order valence-electron chi connectivity index (χ3n) is 8.62. The SMILES string of the molecule is C1=CC2=Cc3c(ccc4c3C(c3cc(-c5ccccc5)cc(-c5ccccc5)c3)c3ccccc3-4)C(C=C1)C2. The Morgan fingerprint density at radius 2 is 1.23 bits per heavy atom. The first-order valence-corrected chi connectivity index (χ1v) is 13.9. The quantitative estimate of drug-likeness (QED) is 0.229. The average molecular weight is 497 g/mol. The molecule has 3 aliphatic rings. The molecule has 0 aromatic heterocycles. The predicted octanol–water partition coefficient (Wildman–Crippen LogP) is 10.2. The molecule has 0 fully saturated rings. The lowest BCUT2D eigenvalue weighted by Crippen LogP contribution is -2.09. The zero-order valence-corrected chi connectivity index (χ0v) is 21.7. The molecule has 39 heavy (non-hydrogen) atoms. The molecule has 0 saturated heterocycles. The molecule has 0 aliphatic heterocycles. The number of benzene rings is 5. The lowest BCUT2D eigenvalue weighted by molar-refractivity contribution is 0.826. The first-order chi connectivity index (χ1) is 19.3. The molecular formula is C39H28. The van der Waals surface area contributed by atoms with Gasteiger partial charge in [-0.1, -0.05) is 140 Å². The summed E-state index contributed by atoms with van der Waals surface area (Å²) < 4.78 is 0. The van der Waals surface area contributed by atoms with Crippen molar-refractivity contribution in [3.8, 4) is 33.4 Å². The van der Waals surface area contributed by atoms with Crippen molar-refractivity contribution in [1.82, 2.24) is 0 Å². The fourth-order valence-corrected chi connectivity index (χ4v) is 6.87. The Balaban J connectivity index is 1.41. The fraction of sp³-hybridized carbons (Fsp3) is 0.0769. The predicted molar refractivity (Wildman–Crippen MR) is 164 cm³/mol. The number of fused-ring (bicyclic) bond motifs is 8. The molecule has 0 spiro atoms. The molecule has 0 radical (unpaired) electrons. The van der Waals surface area contributed by atoms with Gasteiger partial charge < -0.3 is 0 Å². The number of hydrogen-bond acceptors (Lipinski definition) is 0. The summed E-state index contributed by atoms with van der Waals surface area (Å²) in [5, 5.41) is 0. The van der Waals surface area contributed by atoms with Crippen LogP contribution < -0.4 is 0 Å². The number of rotatable bonds is 3. The van der Waals surface area contributed by atoms with E-state index in [9.17, 15) is 0 Å². The Morgan fingerprint density at radius 3 is 1.97 bits per heavy atom. The van der Waals surface area contributed by atoms with Crippen LogP contribution >= 0.6 is 0 Å². The first kappa shape index (κ1) is 22.3. The maximum atomic E-state index is 2.46. The van der Waals surface area contributed by atoms with Gasteiger partial charge in [0.15, 0.2) is 0 Å². The lowest BCUT2D eigenvalue weighted by Gasteiger charge is -2.26. The maximum Gasteiger partial charge on any atom is 0.0358 e. The van der Waals surface area contributed by atoms with Crippen LogP contribution in [0.1, 0.15) is 46.1 Å². The summed E-state index contributed by atoms with van der Waals surface area (Å²) in [7, 11) is 0. The van der Waals surface area contributed by atoms with Crippen LogP contribution in [0.3, 0.4) is 0 Å². The Hall–Kier alpha value is -4.68. The van der Waals surface area contributed by atoms with Crippen molar-refractivity contribution >= 4 is 6.08 Å². The normalized spacial score (nSPS) is 18.1. The highest BCUT2D eigenvalue weighted by Crippen LogP contribution is 2.53. The Labute approximate surface area is 230 Å². The monoisotopic (exact) mass is 496 g/mol. The molecule has 0 amide bonds. The first-order valence-electron chi connectivity index (χ1n) is 13.9. The van der Waals surface area contributed by atoms with Gasteiger partial charge in [0.1, 0.15) is 0 Å². The second-order valence-corrected chi connectivity index (χ2v) is 10.9. The van der Waals surface area contributed by atoms with E-state index in [1.54, 1.807) is 0 Å². The van der Waals surface area contributed by atoms with Crippen LogP contribution in [0.2, 0.25) is 0 Å². The van der Waals surface area contributed by atoms with Gasteiger partial charge in [-0.15, -0.1) is 0 Å². The summed E-state index contributed by atoms with van der Waals surface area (Å²) in [6.07, 6.45) is 12.6.